The molecule has 2 aliphatic rings. The molecule has 0 aromatic heterocycles. The van der Waals surface area contributed by atoms with Crippen molar-refractivity contribution in [1.29, 1.82) is 0 Å². The maximum Gasteiger partial charge on any atom is 0.319 e. The summed E-state index contributed by atoms with van der Waals surface area (Å²) in [4.78, 5) is 26.7. The minimum Gasteiger partial charge on any atom is -0.489 e. The zero-order valence-corrected chi connectivity index (χ0v) is 16.2. The topological polar surface area (TPSA) is 79.9 Å². The largest absolute Gasteiger partial charge is 0.489 e. The highest BCUT2D eigenvalue weighted by Gasteiger charge is 2.40. The Balaban J connectivity index is 1.49. The predicted molar refractivity (Wildman–Crippen MR) is 107 cm³/mol. The van der Waals surface area contributed by atoms with Gasteiger partial charge in [0, 0.05) is 13.7 Å². The first kappa shape index (κ1) is 19.0. The molecule has 2 N–H and O–H groups in total. The van der Waals surface area contributed by atoms with Crippen LogP contribution in [0, 0.1) is 0 Å². The lowest BCUT2D eigenvalue weighted by Crippen LogP contribution is -2.44. The summed E-state index contributed by atoms with van der Waals surface area (Å²) in [5.41, 5.74) is 3.16. The second-order valence-corrected chi connectivity index (χ2v) is 6.99. The molecule has 7 nitrogen and oxygen atoms in total. The van der Waals surface area contributed by atoms with E-state index < -0.39 is 6.04 Å². The van der Waals surface area contributed by atoms with Crippen molar-refractivity contribution in [2.75, 3.05) is 26.8 Å². The minimum absolute atomic E-state index is 0.0843. The van der Waals surface area contributed by atoms with Crippen molar-refractivity contribution < 1.29 is 19.1 Å². The van der Waals surface area contributed by atoms with E-state index in [2.05, 4.69) is 10.6 Å². The number of hydrogen-bond donors (Lipinski definition) is 2. The molecule has 0 fully saturated rings. The van der Waals surface area contributed by atoms with Crippen LogP contribution in [0.3, 0.4) is 0 Å². The number of ether oxygens (including phenoxy) is 2. The molecule has 0 radical (unpaired) electrons. The molecular formula is C22H23N3O4. The summed E-state index contributed by atoms with van der Waals surface area (Å²) in [5.74, 6) is 0.644. The Morgan fingerprint density at radius 2 is 1.83 bits per heavy atom. The van der Waals surface area contributed by atoms with Crippen molar-refractivity contribution in [2.24, 2.45) is 0 Å². The van der Waals surface area contributed by atoms with E-state index in [9.17, 15) is 9.59 Å². The Hall–Kier alpha value is -3.32. The number of amides is 3. The molecule has 0 spiro atoms. The second kappa shape index (κ2) is 8.36. The molecular weight excluding hydrogens is 370 g/mol. The summed E-state index contributed by atoms with van der Waals surface area (Å²) in [6.45, 7) is 1.80. The van der Waals surface area contributed by atoms with Crippen LogP contribution in [0.4, 0.5) is 4.79 Å². The zero-order chi connectivity index (χ0) is 20.2. The fraction of sp³-hybridized carbons (Fsp3) is 0.273. The number of nitrogens with zero attached hydrogens (tertiary/aromatic N) is 1. The summed E-state index contributed by atoms with van der Waals surface area (Å²) in [6, 6.07) is 16.6. The Morgan fingerprint density at radius 3 is 2.55 bits per heavy atom. The van der Waals surface area contributed by atoms with Gasteiger partial charge in [0.25, 0.3) is 5.91 Å². The predicted octanol–water partition coefficient (Wildman–Crippen LogP) is 2.36. The van der Waals surface area contributed by atoms with Crippen molar-refractivity contribution in [3.05, 3.63) is 77.0 Å². The Morgan fingerprint density at radius 1 is 1.07 bits per heavy atom. The number of methoxy groups -OCH3 is 1. The van der Waals surface area contributed by atoms with E-state index in [0.29, 0.717) is 37.6 Å². The molecule has 0 bridgehead atoms. The average Bonchev–Trinajstić information content (AvgIpc) is 3.06. The second-order valence-electron chi connectivity index (χ2n) is 6.99. The number of benzene rings is 2. The van der Waals surface area contributed by atoms with Gasteiger partial charge in [0.2, 0.25) is 0 Å². The first-order chi connectivity index (χ1) is 14.2. The first-order valence-corrected chi connectivity index (χ1v) is 9.51. The molecule has 0 saturated heterocycles. The SMILES string of the molecule is COCCN1CC2=C(C1=O)[C@@H](c1ccc(OCc3ccccc3)cc1)NC(=O)N2. The third kappa shape index (κ3) is 4.09. The van der Waals surface area contributed by atoms with Crippen LogP contribution in [0.2, 0.25) is 0 Å². The number of nitrogens with one attached hydrogen (secondary N) is 2. The standard InChI is InChI=1S/C22H23N3O4/c1-28-12-11-25-13-18-19(21(25)26)20(24-22(27)23-18)16-7-9-17(10-8-16)29-14-15-5-3-2-4-6-15/h2-10,20H,11-14H2,1H3,(H2,23,24,27)/t20-/m1/s1. The molecule has 0 saturated carbocycles. The maximum atomic E-state index is 12.9. The summed E-state index contributed by atoms with van der Waals surface area (Å²) in [7, 11) is 1.60. The van der Waals surface area contributed by atoms with Crippen molar-refractivity contribution in [2.45, 2.75) is 12.6 Å². The van der Waals surface area contributed by atoms with Crippen LogP contribution in [0.5, 0.6) is 5.75 Å². The lowest BCUT2D eigenvalue weighted by Gasteiger charge is -2.25. The van der Waals surface area contributed by atoms with Crippen LogP contribution >= 0.6 is 0 Å². The quantitative estimate of drug-likeness (QED) is 0.757. The lowest BCUT2D eigenvalue weighted by molar-refractivity contribution is -0.126. The smallest absolute Gasteiger partial charge is 0.319 e. The molecule has 150 valence electrons. The number of urea groups is 1. The van der Waals surface area contributed by atoms with Crippen LogP contribution in [0.1, 0.15) is 17.2 Å². The Labute approximate surface area is 169 Å². The van der Waals surface area contributed by atoms with Crippen molar-refractivity contribution in [3.63, 3.8) is 0 Å². The third-order valence-electron chi connectivity index (χ3n) is 5.05. The normalized spacial score (nSPS) is 18.4. The molecule has 0 unspecified atom stereocenters. The van der Waals surface area contributed by atoms with Crippen LogP contribution in [-0.4, -0.2) is 43.6 Å². The van der Waals surface area contributed by atoms with Crippen LogP contribution in [0.15, 0.2) is 65.9 Å². The van der Waals surface area contributed by atoms with Gasteiger partial charge in [-0.05, 0) is 23.3 Å². The van der Waals surface area contributed by atoms with Gasteiger partial charge in [0.1, 0.15) is 12.4 Å². The van der Waals surface area contributed by atoms with E-state index >= 15 is 0 Å². The van der Waals surface area contributed by atoms with Gasteiger partial charge in [-0.25, -0.2) is 4.79 Å². The molecule has 2 aromatic carbocycles. The molecule has 4 rings (SSSR count). The average molecular weight is 393 g/mol. The Kier molecular flexibility index (Phi) is 5.48. The van der Waals surface area contributed by atoms with Gasteiger partial charge in [-0.15, -0.1) is 0 Å². The Bertz CT molecular complexity index is 925. The van der Waals surface area contributed by atoms with Crippen LogP contribution in [0.25, 0.3) is 0 Å². The highest BCUT2D eigenvalue weighted by Crippen LogP contribution is 2.33. The lowest BCUT2D eigenvalue weighted by atomic mass is 9.96. The fourth-order valence-electron chi connectivity index (χ4n) is 3.56. The van der Waals surface area contributed by atoms with Gasteiger partial charge in [-0.1, -0.05) is 42.5 Å². The van der Waals surface area contributed by atoms with E-state index in [1.807, 2.05) is 54.6 Å². The first-order valence-electron chi connectivity index (χ1n) is 9.51. The zero-order valence-electron chi connectivity index (χ0n) is 16.2. The van der Waals surface area contributed by atoms with Gasteiger partial charge in [0.05, 0.1) is 30.5 Å². The highest BCUT2D eigenvalue weighted by molar-refractivity contribution is 6.01. The van der Waals surface area contributed by atoms with Gasteiger partial charge >= 0.3 is 6.03 Å². The maximum absolute atomic E-state index is 12.9. The minimum atomic E-state index is -0.484. The van der Waals surface area contributed by atoms with Crippen molar-refractivity contribution in [3.8, 4) is 5.75 Å². The van der Waals surface area contributed by atoms with E-state index in [1.165, 1.54) is 0 Å². The summed E-state index contributed by atoms with van der Waals surface area (Å²) < 4.78 is 10.9. The molecule has 7 heteroatoms. The molecule has 2 aromatic rings. The number of carbonyl (C=O) groups excluding carboxylic acids is 2. The summed E-state index contributed by atoms with van der Waals surface area (Å²) >= 11 is 0. The number of hydrogen-bond acceptors (Lipinski definition) is 4. The highest BCUT2D eigenvalue weighted by atomic mass is 16.5. The third-order valence-corrected chi connectivity index (χ3v) is 5.05. The fourth-order valence-corrected chi connectivity index (χ4v) is 3.56. The van der Waals surface area contributed by atoms with E-state index in [1.54, 1.807) is 12.0 Å². The molecule has 1 atom stereocenters. The van der Waals surface area contributed by atoms with Gasteiger partial charge in [-0.3, -0.25) is 4.79 Å². The van der Waals surface area contributed by atoms with Crippen molar-refractivity contribution in [1.82, 2.24) is 15.5 Å². The van der Waals surface area contributed by atoms with E-state index in [0.717, 1.165) is 16.9 Å². The van der Waals surface area contributed by atoms with Gasteiger partial charge in [0.15, 0.2) is 0 Å². The van der Waals surface area contributed by atoms with E-state index in [4.69, 9.17) is 9.47 Å². The van der Waals surface area contributed by atoms with Crippen LogP contribution < -0.4 is 15.4 Å². The number of rotatable bonds is 7. The summed E-state index contributed by atoms with van der Waals surface area (Å²) in [5, 5.41) is 5.63. The van der Waals surface area contributed by atoms with Gasteiger partial charge < -0.3 is 25.0 Å². The molecule has 29 heavy (non-hydrogen) atoms. The monoisotopic (exact) mass is 393 g/mol. The molecule has 3 amide bonds. The number of carbonyl (C=O) groups is 2. The van der Waals surface area contributed by atoms with Crippen LogP contribution in [-0.2, 0) is 16.1 Å². The molecule has 2 heterocycles. The van der Waals surface area contributed by atoms with Gasteiger partial charge in [-0.2, -0.15) is 0 Å². The van der Waals surface area contributed by atoms with Crippen molar-refractivity contribution >= 4 is 11.9 Å². The van der Waals surface area contributed by atoms with E-state index in [-0.39, 0.29) is 11.9 Å². The molecule has 0 aliphatic carbocycles. The molecule has 2 aliphatic heterocycles. The summed E-state index contributed by atoms with van der Waals surface area (Å²) in [6.07, 6.45) is 0.